The van der Waals surface area contributed by atoms with Crippen LogP contribution in [-0.4, -0.2) is 34.5 Å². The first kappa shape index (κ1) is 14.1. The molecule has 0 saturated heterocycles. The predicted molar refractivity (Wildman–Crippen MR) is 82.7 cm³/mol. The maximum atomic E-state index is 12.7. The average Bonchev–Trinajstić information content (AvgIpc) is 3.21. The van der Waals surface area contributed by atoms with Gasteiger partial charge in [0.25, 0.3) is 5.91 Å². The van der Waals surface area contributed by atoms with Crippen molar-refractivity contribution in [2.24, 2.45) is 5.92 Å². The van der Waals surface area contributed by atoms with Gasteiger partial charge in [0.05, 0.1) is 10.8 Å². The molecule has 1 aromatic carbocycles. The molecular weight excluding hydrogens is 286 g/mol. The quantitative estimate of drug-likeness (QED) is 0.922. The fourth-order valence-corrected chi connectivity index (χ4v) is 3.40. The van der Waals surface area contributed by atoms with Crippen molar-refractivity contribution in [1.29, 1.82) is 0 Å². The van der Waals surface area contributed by atoms with Crippen molar-refractivity contribution < 1.29 is 14.7 Å². The van der Waals surface area contributed by atoms with E-state index in [-0.39, 0.29) is 18.5 Å². The Balaban J connectivity index is 1.85. The molecule has 1 fully saturated rings. The van der Waals surface area contributed by atoms with Crippen LogP contribution in [0.25, 0.3) is 10.1 Å². The number of carbonyl (C=O) groups is 2. The lowest BCUT2D eigenvalue weighted by atomic mass is 10.1. The summed E-state index contributed by atoms with van der Waals surface area (Å²) in [5.74, 6) is -1.43. The Bertz CT molecular complexity index is 657. The van der Waals surface area contributed by atoms with Crippen LogP contribution in [-0.2, 0) is 4.79 Å². The summed E-state index contributed by atoms with van der Waals surface area (Å²) in [7, 11) is 0. The molecule has 1 saturated carbocycles. The zero-order chi connectivity index (χ0) is 15.0. The van der Waals surface area contributed by atoms with Crippen LogP contribution in [0.15, 0.2) is 30.3 Å². The number of rotatable bonds is 5. The summed E-state index contributed by atoms with van der Waals surface area (Å²) in [4.78, 5) is 26.2. The van der Waals surface area contributed by atoms with E-state index in [2.05, 4.69) is 0 Å². The van der Waals surface area contributed by atoms with Crippen molar-refractivity contribution in [2.75, 3.05) is 6.54 Å². The monoisotopic (exact) mass is 303 g/mol. The maximum absolute atomic E-state index is 12.7. The van der Waals surface area contributed by atoms with E-state index in [1.165, 1.54) is 11.3 Å². The molecule has 110 valence electrons. The molecule has 0 aliphatic heterocycles. The van der Waals surface area contributed by atoms with Crippen LogP contribution in [0, 0.1) is 5.92 Å². The van der Waals surface area contributed by atoms with Crippen LogP contribution in [0.3, 0.4) is 0 Å². The number of hydrogen-bond donors (Lipinski definition) is 1. The van der Waals surface area contributed by atoms with Crippen LogP contribution in [0.1, 0.15) is 29.4 Å². The highest BCUT2D eigenvalue weighted by Gasteiger charge is 2.35. The lowest BCUT2D eigenvalue weighted by molar-refractivity contribution is -0.141. The summed E-state index contributed by atoms with van der Waals surface area (Å²) in [5.41, 5.74) is 0. The summed E-state index contributed by atoms with van der Waals surface area (Å²) >= 11 is 1.48. The maximum Gasteiger partial charge on any atom is 0.308 e. The number of carboxylic acids is 1. The van der Waals surface area contributed by atoms with Gasteiger partial charge in [0, 0.05) is 17.3 Å². The second-order valence-corrected chi connectivity index (χ2v) is 6.66. The minimum atomic E-state index is -0.857. The standard InChI is InChI=1S/C16H17NO3S/c1-10(16(19)20)9-17(12-6-7-12)15(18)14-8-11-4-2-3-5-13(11)21-14/h2-5,8,10,12H,6-7,9H2,1H3,(H,19,20)/t10-/m0/s1. The van der Waals surface area contributed by atoms with Gasteiger partial charge in [-0.2, -0.15) is 0 Å². The van der Waals surface area contributed by atoms with Crippen molar-refractivity contribution >= 4 is 33.3 Å². The van der Waals surface area contributed by atoms with Gasteiger partial charge >= 0.3 is 5.97 Å². The SMILES string of the molecule is C[C@@H](CN(C(=O)c1cc2ccccc2s1)C1CC1)C(=O)O. The fourth-order valence-electron chi connectivity index (χ4n) is 2.39. The Kier molecular flexibility index (Phi) is 3.68. The molecule has 1 aromatic heterocycles. The molecule has 0 radical (unpaired) electrons. The number of benzene rings is 1. The van der Waals surface area contributed by atoms with E-state index in [0.717, 1.165) is 22.9 Å². The molecule has 1 aliphatic rings. The van der Waals surface area contributed by atoms with Gasteiger partial charge in [-0.25, -0.2) is 0 Å². The van der Waals surface area contributed by atoms with Crippen molar-refractivity contribution in [2.45, 2.75) is 25.8 Å². The van der Waals surface area contributed by atoms with E-state index in [1.807, 2.05) is 30.3 Å². The molecule has 0 spiro atoms. The van der Waals surface area contributed by atoms with Crippen LogP contribution < -0.4 is 0 Å². The van der Waals surface area contributed by atoms with Gasteiger partial charge in [-0.05, 0) is 30.4 Å². The van der Waals surface area contributed by atoms with Crippen molar-refractivity contribution in [3.05, 3.63) is 35.2 Å². The number of aliphatic carboxylic acids is 1. The summed E-state index contributed by atoms with van der Waals surface area (Å²) in [6, 6.07) is 10.0. The molecule has 0 unspecified atom stereocenters. The first-order valence-electron chi connectivity index (χ1n) is 7.08. The van der Waals surface area contributed by atoms with E-state index in [4.69, 9.17) is 5.11 Å². The second-order valence-electron chi connectivity index (χ2n) is 5.58. The van der Waals surface area contributed by atoms with Gasteiger partial charge in [-0.3, -0.25) is 9.59 Å². The van der Waals surface area contributed by atoms with Crippen LogP contribution >= 0.6 is 11.3 Å². The van der Waals surface area contributed by atoms with Gasteiger partial charge in [0.15, 0.2) is 0 Å². The zero-order valence-electron chi connectivity index (χ0n) is 11.8. The molecule has 21 heavy (non-hydrogen) atoms. The molecule has 1 N–H and O–H groups in total. The minimum absolute atomic E-state index is 0.0354. The van der Waals surface area contributed by atoms with Gasteiger partial charge < -0.3 is 10.0 Å². The first-order valence-corrected chi connectivity index (χ1v) is 7.90. The van der Waals surface area contributed by atoms with Gasteiger partial charge in [0.1, 0.15) is 0 Å². The number of amides is 1. The average molecular weight is 303 g/mol. The number of carbonyl (C=O) groups excluding carboxylic acids is 1. The Hall–Kier alpha value is -1.88. The molecule has 2 aromatic rings. The summed E-state index contributed by atoms with van der Waals surface area (Å²) in [5, 5.41) is 10.1. The highest BCUT2D eigenvalue weighted by atomic mass is 32.1. The van der Waals surface area contributed by atoms with E-state index in [9.17, 15) is 9.59 Å². The molecule has 0 bridgehead atoms. The van der Waals surface area contributed by atoms with Crippen LogP contribution in [0.2, 0.25) is 0 Å². The molecule has 3 rings (SSSR count). The lowest BCUT2D eigenvalue weighted by Crippen LogP contribution is -2.38. The normalized spacial score (nSPS) is 15.9. The van der Waals surface area contributed by atoms with Gasteiger partial charge in [-0.1, -0.05) is 25.1 Å². The fraction of sp³-hybridized carbons (Fsp3) is 0.375. The Morgan fingerprint density at radius 2 is 2.10 bits per heavy atom. The number of fused-ring (bicyclic) bond motifs is 1. The first-order chi connectivity index (χ1) is 10.1. The Morgan fingerprint density at radius 3 is 2.71 bits per heavy atom. The van der Waals surface area contributed by atoms with Crippen LogP contribution in [0.4, 0.5) is 0 Å². The van der Waals surface area contributed by atoms with Gasteiger partial charge in [0.2, 0.25) is 0 Å². The van der Waals surface area contributed by atoms with Crippen molar-refractivity contribution in [1.82, 2.24) is 4.90 Å². The summed E-state index contributed by atoms with van der Waals surface area (Å²) in [6.45, 7) is 1.93. The molecule has 1 aliphatic carbocycles. The third-order valence-electron chi connectivity index (χ3n) is 3.78. The van der Waals surface area contributed by atoms with E-state index >= 15 is 0 Å². The molecule has 4 nitrogen and oxygen atoms in total. The largest absolute Gasteiger partial charge is 0.481 e. The summed E-state index contributed by atoms with van der Waals surface area (Å²) in [6.07, 6.45) is 1.95. The topological polar surface area (TPSA) is 57.6 Å². The molecule has 1 amide bonds. The van der Waals surface area contributed by atoms with E-state index in [1.54, 1.807) is 11.8 Å². The number of carboxylic acid groups (broad SMARTS) is 1. The van der Waals surface area contributed by atoms with Gasteiger partial charge in [-0.15, -0.1) is 11.3 Å². The molecule has 1 atom stereocenters. The molecule has 5 heteroatoms. The van der Waals surface area contributed by atoms with E-state index < -0.39 is 11.9 Å². The number of hydrogen-bond acceptors (Lipinski definition) is 3. The smallest absolute Gasteiger partial charge is 0.308 e. The third-order valence-corrected chi connectivity index (χ3v) is 4.88. The third kappa shape index (κ3) is 2.93. The number of nitrogens with zero attached hydrogens (tertiary/aromatic N) is 1. The summed E-state index contributed by atoms with van der Waals surface area (Å²) < 4.78 is 1.09. The minimum Gasteiger partial charge on any atom is -0.481 e. The van der Waals surface area contributed by atoms with Crippen molar-refractivity contribution in [3.63, 3.8) is 0 Å². The number of thiophene rings is 1. The predicted octanol–water partition coefficient (Wildman–Crippen LogP) is 3.23. The van der Waals surface area contributed by atoms with Crippen LogP contribution in [0.5, 0.6) is 0 Å². The van der Waals surface area contributed by atoms with E-state index in [0.29, 0.717) is 4.88 Å². The second kappa shape index (κ2) is 5.48. The lowest BCUT2D eigenvalue weighted by Gasteiger charge is -2.23. The Labute approximate surface area is 127 Å². The van der Waals surface area contributed by atoms with Crippen molar-refractivity contribution in [3.8, 4) is 0 Å². The highest BCUT2D eigenvalue weighted by molar-refractivity contribution is 7.20. The highest BCUT2D eigenvalue weighted by Crippen LogP contribution is 2.32. The molecule has 1 heterocycles. The Morgan fingerprint density at radius 1 is 1.38 bits per heavy atom. The zero-order valence-corrected chi connectivity index (χ0v) is 12.6. The molecular formula is C16H17NO3S.